The van der Waals surface area contributed by atoms with Gasteiger partial charge in [0.15, 0.2) is 0 Å². The molecule has 2 aromatic rings. The predicted octanol–water partition coefficient (Wildman–Crippen LogP) is 1.85. The normalized spacial score (nSPS) is 16.0. The first kappa shape index (κ1) is 21.1. The maximum atomic E-state index is 12.7. The fraction of sp³-hybridized carbons (Fsp3) is 0.400. The van der Waals surface area contributed by atoms with E-state index in [1.54, 1.807) is 18.9 Å². The van der Waals surface area contributed by atoms with Crippen LogP contribution in [0.15, 0.2) is 41.4 Å². The third kappa shape index (κ3) is 4.35. The summed E-state index contributed by atoms with van der Waals surface area (Å²) in [6.07, 6.45) is 2.17. The molecule has 156 valence electrons. The van der Waals surface area contributed by atoms with E-state index in [9.17, 15) is 18.0 Å². The maximum Gasteiger partial charge on any atom is 0.354 e. The number of carbonyl (C=O) groups is 2. The maximum absolute atomic E-state index is 12.7. The average Bonchev–Trinajstić information content (AvgIpc) is 3.21. The third-order valence-electron chi connectivity index (χ3n) is 4.88. The standard InChI is InChI=1S/C20H25N3O5S/c1-4-28-20(25)18-12-16(13-22(18)3)29(26,27)21-10-9-19(24)23-14(2)11-15-7-5-6-8-17(15)23/h5-8,12-14,21H,4,9-11H2,1-3H3/t14-/m0/s1. The SMILES string of the molecule is CCOC(=O)c1cc(S(=O)(=O)NCCC(=O)N2c3ccccc3C[C@@H]2C)cn1C. The molecule has 8 nitrogen and oxygen atoms in total. The van der Waals surface area contributed by atoms with Crippen molar-refractivity contribution in [3.05, 3.63) is 47.8 Å². The number of amides is 1. The van der Waals surface area contributed by atoms with Crippen LogP contribution >= 0.6 is 0 Å². The van der Waals surface area contributed by atoms with Gasteiger partial charge in [-0.05, 0) is 38.0 Å². The Kier molecular flexibility index (Phi) is 6.09. The molecule has 3 rings (SSSR count). The Bertz CT molecular complexity index is 1030. The quantitative estimate of drug-likeness (QED) is 0.691. The number of benzene rings is 1. The summed E-state index contributed by atoms with van der Waals surface area (Å²) in [6.45, 7) is 3.82. The zero-order chi connectivity index (χ0) is 21.2. The highest BCUT2D eigenvalue weighted by Crippen LogP contribution is 2.32. The number of fused-ring (bicyclic) bond motifs is 1. The first-order valence-corrected chi connectivity index (χ1v) is 11.0. The van der Waals surface area contributed by atoms with Gasteiger partial charge in [-0.15, -0.1) is 0 Å². The lowest BCUT2D eigenvalue weighted by atomic mass is 10.1. The molecule has 1 aromatic heterocycles. The summed E-state index contributed by atoms with van der Waals surface area (Å²) in [4.78, 5) is 26.2. The van der Waals surface area contributed by atoms with Crippen molar-refractivity contribution in [3.8, 4) is 0 Å². The van der Waals surface area contributed by atoms with Crippen LogP contribution in [0, 0.1) is 0 Å². The fourth-order valence-electron chi connectivity index (χ4n) is 3.53. The van der Waals surface area contributed by atoms with Crippen LogP contribution in [0.3, 0.4) is 0 Å². The Morgan fingerprint density at radius 3 is 2.72 bits per heavy atom. The smallest absolute Gasteiger partial charge is 0.354 e. The lowest BCUT2D eigenvalue weighted by molar-refractivity contribution is -0.118. The predicted molar refractivity (Wildman–Crippen MR) is 108 cm³/mol. The summed E-state index contributed by atoms with van der Waals surface area (Å²) in [6, 6.07) is 9.04. The number of aryl methyl sites for hydroxylation is 1. The van der Waals surface area contributed by atoms with Gasteiger partial charge in [0, 0.05) is 37.9 Å². The summed E-state index contributed by atoms with van der Waals surface area (Å²) in [5.41, 5.74) is 2.14. The van der Waals surface area contributed by atoms with Gasteiger partial charge >= 0.3 is 5.97 Å². The van der Waals surface area contributed by atoms with E-state index in [-0.39, 0.29) is 42.1 Å². The molecule has 1 N–H and O–H groups in total. The molecule has 0 bridgehead atoms. The number of ether oxygens (including phenoxy) is 1. The number of para-hydroxylation sites is 1. The van der Waals surface area contributed by atoms with Crippen molar-refractivity contribution in [2.75, 3.05) is 18.1 Å². The van der Waals surface area contributed by atoms with Crippen LogP contribution in [0.25, 0.3) is 0 Å². The van der Waals surface area contributed by atoms with Gasteiger partial charge < -0.3 is 14.2 Å². The molecule has 1 amide bonds. The van der Waals surface area contributed by atoms with Gasteiger partial charge in [-0.1, -0.05) is 18.2 Å². The van der Waals surface area contributed by atoms with Crippen LogP contribution in [0.5, 0.6) is 0 Å². The number of aromatic nitrogens is 1. The van der Waals surface area contributed by atoms with Crippen molar-refractivity contribution in [2.45, 2.75) is 37.6 Å². The minimum Gasteiger partial charge on any atom is -0.461 e. The third-order valence-corrected chi connectivity index (χ3v) is 6.31. The highest BCUT2D eigenvalue weighted by molar-refractivity contribution is 7.89. The van der Waals surface area contributed by atoms with E-state index in [0.717, 1.165) is 17.7 Å². The molecule has 1 atom stereocenters. The van der Waals surface area contributed by atoms with Gasteiger partial charge in [-0.25, -0.2) is 17.9 Å². The van der Waals surface area contributed by atoms with Crippen molar-refractivity contribution in [3.63, 3.8) is 0 Å². The molecule has 1 aliphatic heterocycles. The summed E-state index contributed by atoms with van der Waals surface area (Å²) in [5, 5.41) is 0. The molecule has 29 heavy (non-hydrogen) atoms. The molecule has 0 unspecified atom stereocenters. The Labute approximate surface area is 170 Å². The van der Waals surface area contributed by atoms with E-state index in [1.165, 1.54) is 16.8 Å². The largest absolute Gasteiger partial charge is 0.461 e. The molecule has 1 aliphatic rings. The Morgan fingerprint density at radius 1 is 1.28 bits per heavy atom. The van der Waals surface area contributed by atoms with E-state index in [0.29, 0.717) is 0 Å². The number of hydrogen-bond acceptors (Lipinski definition) is 5. The number of esters is 1. The Balaban J connectivity index is 1.64. The molecule has 0 saturated heterocycles. The second-order valence-corrected chi connectivity index (χ2v) is 8.75. The van der Waals surface area contributed by atoms with Crippen LogP contribution in [-0.2, 0) is 33.0 Å². The fourth-order valence-corrected chi connectivity index (χ4v) is 4.63. The summed E-state index contributed by atoms with van der Waals surface area (Å²) < 4.78 is 33.8. The molecular weight excluding hydrogens is 394 g/mol. The first-order valence-electron chi connectivity index (χ1n) is 9.47. The molecule has 0 radical (unpaired) electrons. The number of rotatable bonds is 7. The molecular formula is C20H25N3O5S. The number of hydrogen-bond donors (Lipinski definition) is 1. The van der Waals surface area contributed by atoms with Crippen molar-refractivity contribution in [1.29, 1.82) is 0 Å². The van der Waals surface area contributed by atoms with Crippen molar-refractivity contribution < 1.29 is 22.7 Å². The van der Waals surface area contributed by atoms with E-state index in [4.69, 9.17) is 4.74 Å². The topological polar surface area (TPSA) is 97.7 Å². The van der Waals surface area contributed by atoms with Gasteiger partial charge in [-0.2, -0.15) is 0 Å². The monoisotopic (exact) mass is 419 g/mol. The highest BCUT2D eigenvalue weighted by atomic mass is 32.2. The zero-order valence-electron chi connectivity index (χ0n) is 16.7. The molecule has 1 aromatic carbocycles. The average molecular weight is 420 g/mol. The molecule has 2 heterocycles. The minimum atomic E-state index is -3.85. The van der Waals surface area contributed by atoms with Gasteiger partial charge in [0.1, 0.15) is 10.6 Å². The van der Waals surface area contributed by atoms with Gasteiger partial charge in [-0.3, -0.25) is 4.79 Å². The van der Waals surface area contributed by atoms with Crippen LogP contribution in [-0.4, -0.2) is 44.1 Å². The molecule has 0 spiro atoms. The van der Waals surface area contributed by atoms with Crippen LogP contribution < -0.4 is 9.62 Å². The number of anilines is 1. The van der Waals surface area contributed by atoms with Crippen LogP contribution in [0.4, 0.5) is 5.69 Å². The number of carbonyl (C=O) groups excluding carboxylic acids is 2. The second-order valence-electron chi connectivity index (χ2n) is 6.99. The van der Waals surface area contributed by atoms with Crippen LogP contribution in [0.1, 0.15) is 36.3 Å². The van der Waals surface area contributed by atoms with Gasteiger partial charge in [0.05, 0.1) is 6.61 Å². The van der Waals surface area contributed by atoms with Gasteiger partial charge in [0.2, 0.25) is 15.9 Å². The molecule has 0 fully saturated rings. The summed E-state index contributed by atoms with van der Waals surface area (Å²) in [7, 11) is -2.28. The van der Waals surface area contributed by atoms with Crippen molar-refractivity contribution in [2.24, 2.45) is 7.05 Å². The lowest BCUT2D eigenvalue weighted by Gasteiger charge is -2.22. The lowest BCUT2D eigenvalue weighted by Crippen LogP contribution is -2.38. The van der Waals surface area contributed by atoms with Gasteiger partial charge in [0.25, 0.3) is 0 Å². The molecule has 0 saturated carbocycles. The van der Waals surface area contributed by atoms with Crippen LogP contribution in [0.2, 0.25) is 0 Å². The number of nitrogens with zero attached hydrogens (tertiary/aromatic N) is 2. The molecule has 9 heteroatoms. The number of nitrogens with one attached hydrogen (secondary N) is 1. The highest BCUT2D eigenvalue weighted by Gasteiger charge is 2.30. The van der Waals surface area contributed by atoms with E-state index >= 15 is 0 Å². The minimum absolute atomic E-state index is 0.0316. The Morgan fingerprint density at radius 2 is 2.00 bits per heavy atom. The number of sulfonamides is 1. The van der Waals surface area contributed by atoms with E-state index in [1.807, 2.05) is 31.2 Å². The summed E-state index contributed by atoms with van der Waals surface area (Å²) in [5.74, 6) is -0.723. The van der Waals surface area contributed by atoms with Crippen molar-refractivity contribution in [1.82, 2.24) is 9.29 Å². The second kappa shape index (κ2) is 8.38. The van der Waals surface area contributed by atoms with E-state index in [2.05, 4.69) is 4.72 Å². The summed E-state index contributed by atoms with van der Waals surface area (Å²) >= 11 is 0. The zero-order valence-corrected chi connectivity index (χ0v) is 17.5. The first-order chi connectivity index (χ1) is 13.7. The van der Waals surface area contributed by atoms with Crippen molar-refractivity contribution >= 4 is 27.6 Å². The molecule has 0 aliphatic carbocycles. The van der Waals surface area contributed by atoms with E-state index < -0.39 is 16.0 Å². The Hall–Kier alpha value is -2.65.